The van der Waals surface area contributed by atoms with E-state index in [0.29, 0.717) is 12.0 Å². The third-order valence-corrected chi connectivity index (χ3v) is 3.70. The Hall–Kier alpha value is 0.0700. The molecular formula is C10H17BrN2S. The minimum absolute atomic E-state index is 0.525. The average molecular weight is 277 g/mol. The van der Waals surface area contributed by atoms with Gasteiger partial charge in [-0.15, -0.1) is 11.3 Å². The molecule has 0 aliphatic heterocycles. The van der Waals surface area contributed by atoms with Crippen LogP contribution in [0.1, 0.15) is 24.5 Å². The predicted molar refractivity (Wildman–Crippen MR) is 66.1 cm³/mol. The molecule has 0 saturated carbocycles. The van der Waals surface area contributed by atoms with Crippen LogP contribution in [-0.4, -0.2) is 16.4 Å². The Morgan fingerprint density at radius 1 is 1.57 bits per heavy atom. The van der Waals surface area contributed by atoms with Gasteiger partial charge >= 0.3 is 0 Å². The molecule has 0 saturated heterocycles. The first-order valence-corrected chi connectivity index (χ1v) is 6.84. The summed E-state index contributed by atoms with van der Waals surface area (Å²) in [5.41, 5.74) is 1.15. The zero-order valence-corrected chi connectivity index (χ0v) is 11.3. The monoisotopic (exact) mass is 276 g/mol. The lowest BCUT2D eigenvalue weighted by Crippen LogP contribution is -2.34. The Kier molecular flexibility index (Phi) is 5.06. The van der Waals surface area contributed by atoms with Gasteiger partial charge in [0.05, 0.1) is 10.7 Å². The molecule has 1 aromatic rings. The van der Waals surface area contributed by atoms with Gasteiger partial charge in [0.2, 0.25) is 0 Å². The van der Waals surface area contributed by atoms with E-state index in [0.717, 1.165) is 22.6 Å². The molecule has 1 N–H and O–H groups in total. The topological polar surface area (TPSA) is 24.9 Å². The molecule has 1 heterocycles. The number of hydrogen-bond acceptors (Lipinski definition) is 3. The molecule has 0 bridgehead atoms. The van der Waals surface area contributed by atoms with E-state index in [1.807, 2.05) is 6.92 Å². The third kappa shape index (κ3) is 3.67. The van der Waals surface area contributed by atoms with Crippen LogP contribution in [0.25, 0.3) is 0 Å². The maximum Gasteiger partial charge on any atom is 0.0897 e. The standard InChI is InChI=1S/C10H17BrN2S/c1-7(2)10(4-11)12-5-9-6-14-8(3)13-9/h6-7,10,12H,4-5H2,1-3H3. The maximum atomic E-state index is 4.42. The van der Waals surface area contributed by atoms with E-state index in [9.17, 15) is 0 Å². The number of halogens is 1. The number of aryl methyl sites for hydroxylation is 1. The molecule has 4 heteroatoms. The highest BCUT2D eigenvalue weighted by atomic mass is 79.9. The van der Waals surface area contributed by atoms with Crippen molar-refractivity contribution in [3.05, 3.63) is 16.1 Å². The van der Waals surface area contributed by atoms with Crippen molar-refractivity contribution in [2.45, 2.75) is 33.4 Å². The summed E-state index contributed by atoms with van der Waals surface area (Å²) in [7, 11) is 0. The van der Waals surface area contributed by atoms with Gasteiger partial charge in [-0.2, -0.15) is 0 Å². The molecule has 80 valence electrons. The lowest BCUT2D eigenvalue weighted by Gasteiger charge is -2.19. The van der Waals surface area contributed by atoms with Crippen molar-refractivity contribution in [1.29, 1.82) is 0 Å². The van der Waals surface area contributed by atoms with Gasteiger partial charge in [0.15, 0.2) is 0 Å². The lowest BCUT2D eigenvalue weighted by molar-refractivity contribution is 0.432. The molecule has 0 aliphatic carbocycles. The molecule has 1 unspecified atom stereocenters. The number of nitrogens with zero attached hydrogens (tertiary/aromatic N) is 1. The molecule has 1 rings (SSSR count). The van der Waals surface area contributed by atoms with Crippen molar-refractivity contribution in [2.75, 3.05) is 5.33 Å². The first-order chi connectivity index (χ1) is 6.63. The fraction of sp³-hybridized carbons (Fsp3) is 0.700. The van der Waals surface area contributed by atoms with E-state index >= 15 is 0 Å². The summed E-state index contributed by atoms with van der Waals surface area (Å²) < 4.78 is 0. The summed E-state index contributed by atoms with van der Waals surface area (Å²) in [4.78, 5) is 4.42. The summed E-state index contributed by atoms with van der Waals surface area (Å²) in [6, 6.07) is 0.525. The lowest BCUT2D eigenvalue weighted by atomic mass is 10.1. The number of thiazole rings is 1. The van der Waals surface area contributed by atoms with Crippen molar-refractivity contribution in [1.82, 2.24) is 10.3 Å². The van der Waals surface area contributed by atoms with Crippen LogP contribution in [0.15, 0.2) is 5.38 Å². The van der Waals surface area contributed by atoms with E-state index in [4.69, 9.17) is 0 Å². The van der Waals surface area contributed by atoms with Crippen LogP contribution in [0.2, 0.25) is 0 Å². The Bertz CT molecular complexity index is 273. The number of aromatic nitrogens is 1. The fourth-order valence-corrected chi connectivity index (χ4v) is 2.78. The van der Waals surface area contributed by atoms with Crippen molar-refractivity contribution in [3.8, 4) is 0 Å². The second kappa shape index (κ2) is 5.83. The van der Waals surface area contributed by atoms with Gasteiger partial charge in [0.1, 0.15) is 0 Å². The molecule has 0 spiro atoms. The first kappa shape index (κ1) is 12.1. The van der Waals surface area contributed by atoms with Crippen molar-refractivity contribution in [2.24, 2.45) is 5.92 Å². The average Bonchev–Trinajstić information content (AvgIpc) is 2.52. The molecule has 0 amide bonds. The molecular weight excluding hydrogens is 260 g/mol. The first-order valence-electron chi connectivity index (χ1n) is 4.84. The maximum absolute atomic E-state index is 4.42. The van der Waals surface area contributed by atoms with Gasteiger partial charge < -0.3 is 5.32 Å². The second-order valence-corrected chi connectivity index (χ2v) is 5.45. The highest BCUT2D eigenvalue weighted by molar-refractivity contribution is 9.09. The van der Waals surface area contributed by atoms with Crippen molar-refractivity contribution >= 4 is 27.3 Å². The van der Waals surface area contributed by atoms with Gasteiger partial charge in [-0.1, -0.05) is 29.8 Å². The number of rotatable bonds is 5. The minimum Gasteiger partial charge on any atom is -0.307 e. The Labute approximate surface area is 98.3 Å². The van der Waals surface area contributed by atoms with E-state index < -0.39 is 0 Å². The SMILES string of the molecule is Cc1nc(CNC(CBr)C(C)C)cs1. The normalized spacial score (nSPS) is 13.5. The summed E-state index contributed by atoms with van der Waals surface area (Å²) in [5, 5.41) is 7.75. The zero-order chi connectivity index (χ0) is 10.6. The molecule has 0 radical (unpaired) electrons. The van der Waals surface area contributed by atoms with Gasteiger partial charge in [-0.3, -0.25) is 0 Å². The highest BCUT2D eigenvalue weighted by Crippen LogP contribution is 2.10. The molecule has 1 aromatic heterocycles. The summed E-state index contributed by atoms with van der Waals surface area (Å²) >= 11 is 5.22. The van der Waals surface area contributed by atoms with Crippen LogP contribution >= 0.6 is 27.3 Å². The minimum atomic E-state index is 0.525. The van der Waals surface area contributed by atoms with Crippen LogP contribution in [-0.2, 0) is 6.54 Å². The fourth-order valence-electron chi connectivity index (χ4n) is 1.19. The molecule has 2 nitrogen and oxygen atoms in total. The Balaban J connectivity index is 2.39. The second-order valence-electron chi connectivity index (χ2n) is 3.74. The molecule has 0 fully saturated rings. The smallest absolute Gasteiger partial charge is 0.0897 e. The van der Waals surface area contributed by atoms with Crippen molar-refractivity contribution < 1.29 is 0 Å². The summed E-state index contributed by atoms with van der Waals surface area (Å²) in [5.74, 6) is 0.647. The molecule has 14 heavy (non-hydrogen) atoms. The van der Waals surface area contributed by atoms with E-state index in [2.05, 4.69) is 45.5 Å². The van der Waals surface area contributed by atoms with Gasteiger partial charge in [0.25, 0.3) is 0 Å². The van der Waals surface area contributed by atoms with Crippen LogP contribution in [0, 0.1) is 12.8 Å². The van der Waals surface area contributed by atoms with Crippen LogP contribution in [0.4, 0.5) is 0 Å². The molecule has 0 aromatic carbocycles. The largest absolute Gasteiger partial charge is 0.307 e. The quantitative estimate of drug-likeness (QED) is 0.837. The van der Waals surface area contributed by atoms with Gasteiger partial charge in [0, 0.05) is 23.3 Å². The van der Waals surface area contributed by atoms with E-state index in [-0.39, 0.29) is 0 Å². The summed E-state index contributed by atoms with van der Waals surface area (Å²) in [6.07, 6.45) is 0. The summed E-state index contributed by atoms with van der Waals surface area (Å²) in [6.45, 7) is 7.37. The van der Waals surface area contributed by atoms with Gasteiger partial charge in [-0.05, 0) is 12.8 Å². The number of alkyl halides is 1. The highest BCUT2D eigenvalue weighted by Gasteiger charge is 2.11. The van der Waals surface area contributed by atoms with E-state index in [1.54, 1.807) is 11.3 Å². The number of nitrogens with one attached hydrogen (secondary N) is 1. The number of hydrogen-bond donors (Lipinski definition) is 1. The Morgan fingerprint density at radius 2 is 2.29 bits per heavy atom. The van der Waals surface area contributed by atoms with E-state index in [1.165, 1.54) is 0 Å². The predicted octanol–water partition coefficient (Wildman–Crippen LogP) is 2.96. The van der Waals surface area contributed by atoms with Gasteiger partial charge in [-0.25, -0.2) is 4.98 Å². The van der Waals surface area contributed by atoms with Crippen LogP contribution in [0.3, 0.4) is 0 Å². The third-order valence-electron chi connectivity index (χ3n) is 2.18. The van der Waals surface area contributed by atoms with Crippen LogP contribution in [0.5, 0.6) is 0 Å². The van der Waals surface area contributed by atoms with Crippen LogP contribution < -0.4 is 5.32 Å². The van der Waals surface area contributed by atoms with Crippen molar-refractivity contribution in [3.63, 3.8) is 0 Å². The zero-order valence-electron chi connectivity index (χ0n) is 8.88. The Morgan fingerprint density at radius 3 is 2.71 bits per heavy atom. The molecule has 1 atom stereocenters. The molecule has 0 aliphatic rings.